The zero-order chi connectivity index (χ0) is 20.3. The van der Waals surface area contributed by atoms with Crippen molar-refractivity contribution < 1.29 is 23.7 Å². The van der Waals surface area contributed by atoms with Crippen molar-refractivity contribution in [3.8, 4) is 23.1 Å². The molecule has 1 heterocycles. The molecule has 7 heteroatoms. The first-order valence-electron chi connectivity index (χ1n) is 9.07. The molecule has 7 nitrogen and oxygen atoms in total. The number of nitrogens with one attached hydrogen (secondary N) is 1. The standard InChI is InChI=1S/C22H22N2O5/c1-26-14-15-27-22-20(8-5-13-23-22)24-21(25)16-28-17-9-11-19(12-10-17)29-18-6-3-2-4-7-18/h2-13H,14-16H2,1H3,(H,24,25). The van der Waals surface area contributed by atoms with Gasteiger partial charge in [0.1, 0.15) is 29.5 Å². The molecule has 3 aromatic rings. The van der Waals surface area contributed by atoms with E-state index < -0.39 is 0 Å². The lowest BCUT2D eigenvalue weighted by atomic mass is 10.3. The Morgan fingerprint density at radius 2 is 1.59 bits per heavy atom. The van der Waals surface area contributed by atoms with E-state index in [1.807, 2.05) is 30.3 Å². The third-order valence-electron chi connectivity index (χ3n) is 3.74. The molecule has 29 heavy (non-hydrogen) atoms. The van der Waals surface area contributed by atoms with Crippen molar-refractivity contribution in [1.82, 2.24) is 4.98 Å². The highest BCUT2D eigenvalue weighted by Crippen LogP contribution is 2.24. The highest BCUT2D eigenvalue weighted by atomic mass is 16.5. The normalized spacial score (nSPS) is 10.2. The summed E-state index contributed by atoms with van der Waals surface area (Å²) in [6.45, 7) is 0.618. The van der Waals surface area contributed by atoms with E-state index in [1.54, 1.807) is 49.7 Å². The van der Waals surface area contributed by atoms with E-state index in [1.165, 1.54) is 0 Å². The Bertz CT molecular complexity index is 901. The van der Waals surface area contributed by atoms with Gasteiger partial charge in [-0.15, -0.1) is 0 Å². The second-order valence-corrected chi connectivity index (χ2v) is 5.92. The Morgan fingerprint density at radius 3 is 2.34 bits per heavy atom. The molecule has 0 atom stereocenters. The van der Waals surface area contributed by atoms with Crippen LogP contribution in [0.3, 0.4) is 0 Å². The van der Waals surface area contributed by atoms with Crippen LogP contribution < -0.4 is 19.5 Å². The van der Waals surface area contributed by atoms with E-state index >= 15 is 0 Å². The number of hydrogen-bond acceptors (Lipinski definition) is 6. The van der Waals surface area contributed by atoms with Crippen LogP contribution in [0, 0.1) is 0 Å². The largest absolute Gasteiger partial charge is 0.484 e. The SMILES string of the molecule is COCCOc1ncccc1NC(=O)COc1ccc(Oc2ccccc2)cc1. The molecule has 0 bridgehead atoms. The summed E-state index contributed by atoms with van der Waals surface area (Å²) in [7, 11) is 1.59. The summed E-state index contributed by atoms with van der Waals surface area (Å²) >= 11 is 0. The number of methoxy groups -OCH3 is 1. The van der Waals surface area contributed by atoms with Crippen LogP contribution in [0.15, 0.2) is 72.9 Å². The number of carbonyl (C=O) groups excluding carboxylic acids is 1. The fraction of sp³-hybridized carbons (Fsp3) is 0.182. The van der Waals surface area contributed by atoms with E-state index in [-0.39, 0.29) is 12.5 Å². The number of benzene rings is 2. The zero-order valence-electron chi connectivity index (χ0n) is 16.0. The molecule has 3 rings (SSSR count). The molecule has 0 aliphatic carbocycles. The highest BCUT2D eigenvalue weighted by molar-refractivity contribution is 5.92. The molecule has 0 saturated carbocycles. The number of aromatic nitrogens is 1. The van der Waals surface area contributed by atoms with Gasteiger partial charge >= 0.3 is 0 Å². The maximum Gasteiger partial charge on any atom is 0.262 e. The van der Waals surface area contributed by atoms with Gasteiger partial charge in [0, 0.05) is 13.3 Å². The topological polar surface area (TPSA) is 78.9 Å². The molecule has 0 spiro atoms. The van der Waals surface area contributed by atoms with Gasteiger partial charge in [0.15, 0.2) is 6.61 Å². The second kappa shape index (κ2) is 10.7. The van der Waals surface area contributed by atoms with Crippen LogP contribution in [-0.2, 0) is 9.53 Å². The van der Waals surface area contributed by atoms with Gasteiger partial charge < -0.3 is 24.3 Å². The van der Waals surface area contributed by atoms with E-state index in [0.29, 0.717) is 36.3 Å². The molecule has 0 radical (unpaired) electrons. The van der Waals surface area contributed by atoms with Gasteiger partial charge in [0.2, 0.25) is 5.88 Å². The minimum Gasteiger partial charge on any atom is -0.484 e. The Hall–Kier alpha value is -3.58. The molecule has 0 aliphatic heterocycles. The Kier molecular flexibility index (Phi) is 7.42. The molecule has 0 aliphatic rings. The summed E-state index contributed by atoms with van der Waals surface area (Å²) in [5, 5.41) is 2.73. The van der Waals surface area contributed by atoms with Gasteiger partial charge in [-0.2, -0.15) is 0 Å². The Balaban J connectivity index is 1.49. The highest BCUT2D eigenvalue weighted by Gasteiger charge is 2.10. The lowest BCUT2D eigenvalue weighted by molar-refractivity contribution is -0.118. The fourth-order valence-corrected chi connectivity index (χ4v) is 2.39. The van der Waals surface area contributed by atoms with Gasteiger partial charge in [-0.3, -0.25) is 4.79 Å². The number of pyridine rings is 1. The lowest BCUT2D eigenvalue weighted by Gasteiger charge is -2.12. The van der Waals surface area contributed by atoms with Crippen LogP contribution in [0.4, 0.5) is 5.69 Å². The number of amides is 1. The van der Waals surface area contributed by atoms with Crippen molar-refractivity contribution >= 4 is 11.6 Å². The predicted molar refractivity (Wildman–Crippen MR) is 109 cm³/mol. The number of rotatable bonds is 10. The number of ether oxygens (including phenoxy) is 4. The Morgan fingerprint density at radius 1 is 0.862 bits per heavy atom. The van der Waals surface area contributed by atoms with Gasteiger partial charge in [-0.05, 0) is 48.5 Å². The number of nitrogens with zero attached hydrogens (tertiary/aromatic N) is 1. The third-order valence-corrected chi connectivity index (χ3v) is 3.74. The maximum atomic E-state index is 12.2. The van der Waals surface area contributed by atoms with Crippen molar-refractivity contribution in [3.05, 3.63) is 72.9 Å². The summed E-state index contributed by atoms with van der Waals surface area (Å²) in [6, 6.07) is 20.0. The van der Waals surface area contributed by atoms with Crippen LogP contribution in [0.2, 0.25) is 0 Å². The fourth-order valence-electron chi connectivity index (χ4n) is 2.39. The summed E-state index contributed by atoms with van der Waals surface area (Å²) in [5.41, 5.74) is 0.476. The van der Waals surface area contributed by atoms with Gasteiger partial charge in [-0.25, -0.2) is 4.98 Å². The monoisotopic (exact) mass is 394 g/mol. The molecule has 0 fully saturated rings. The van der Waals surface area contributed by atoms with Crippen LogP contribution in [0.1, 0.15) is 0 Å². The summed E-state index contributed by atoms with van der Waals surface area (Å²) in [6.07, 6.45) is 1.59. The second-order valence-electron chi connectivity index (χ2n) is 5.92. The van der Waals surface area contributed by atoms with Crippen molar-refractivity contribution in [2.24, 2.45) is 0 Å². The van der Waals surface area contributed by atoms with Crippen LogP contribution in [0.5, 0.6) is 23.1 Å². The van der Waals surface area contributed by atoms with Gasteiger partial charge in [0.05, 0.1) is 6.61 Å². The predicted octanol–water partition coefficient (Wildman–Crippen LogP) is 3.92. The first-order chi connectivity index (χ1) is 14.2. The number of hydrogen-bond donors (Lipinski definition) is 1. The Labute approximate surface area is 169 Å². The smallest absolute Gasteiger partial charge is 0.262 e. The van der Waals surface area contributed by atoms with E-state index in [4.69, 9.17) is 18.9 Å². The van der Waals surface area contributed by atoms with Crippen LogP contribution >= 0.6 is 0 Å². The van der Waals surface area contributed by atoms with Crippen molar-refractivity contribution in [3.63, 3.8) is 0 Å². The first-order valence-corrected chi connectivity index (χ1v) is 9.07. The van der Waals surface area contributed by atoms with E-state index in [0.717, 1.165) is 5.75 Å². The third kappa shape index (κ3) is 6.51. The number of anilines is 1. The quantitative estimate of drug-likeness (QED) is 0.525. The van der Waals surface area contributed by atoms with Crippen LogP contribution in [-0.4, -0.2) is 37.8 Å². The van der Waals surface area contributed by atoms with E-state index in [9.17, 15) is 4.79 Å². The summed E-state index contributed by atoms with van der Waals surface area (Å²) < 4.78 is 21.7. The molecule has 1 N–H and O–H groups in total. The average Bonchev–Trinajstić information content (AvgIpc) is 2.75. The maximum absolute atomic E-state index is 12.2. The number of carbonyl (C=O) groups is 1. The molecule has 1 aromatic heterocycles. The first kappa shape index (κ1) is 20.2. The van der Waals surface area contributed by atoms with Gasteiger partial charge in [-0.1, -0.05) is 18.2 Å². The van der Waals surface area contributed by atoms with Crippen molar-refractivity contribution in [1.29, 1.82) is 0 Å². The van der Waals surface area contributed by atoms with Crippen LogP contribution in [0.25, 0.3) is 0 Å². The summed E-state index contributed by atoms with van der Waals surface area (Å²) in [4.78, 5) is 16.3. The van der Waals surface area contributed by atoms with Gasteiger partial charge in [0.25, 0.3) is 5.91 Å². The molecule has 0 unspecified atom stereocenters. The molecule has 0 saturated heterocycles. The van der Waals surface area contributed by atoms with Crippen molar-refractivity contribution in [2.45, 2.75) is 0 Å². The minimum absolute atomic E-state index is 0.148. The summed E-state index contributed by atoms with van der Waals surface area (Å²) in [5.74, 6) is 2.00. The molecular formula is C22H22N2O5. The van der Waals surface area contributed by atoms with Crippen molar-refractivity contribution in [2.75, 3.05) is 32.2 Å². The average molecular weight is 394 g/mol. The molecular weight excluding hydrogens is 372 g/mol. The zero-order valence-corrected chi connectivity index (χ0v) is 16.0. The molecule has 1 amide bonds. The lowest BCUT2D eigenvalue weighted by Crippen LogP contribution is -2.21. The van der Waals surface area contributed by atoms with E-state index in [2.05, 4.69) is 10.3 Å². The molecule has 150 valence electrons. The number of para-hydroxylation sites is 1. The minimum atomic E-state index is -0.320. The molecule has 2 aromatic carbocycles.